The molecule has 0 aliphatic heterocycles. The summed E-state index contributed by atoms with van der Waals surface area (Å²) >= 11 is -9.47. The monoisotopic (exact) mass is 566 g/mol. The van der Waals surface area contributed by atoms with Gasteiger partial charge in [0.25, 0.3) is 0 Å². The van der Waals surface area contributed by atoms with Gasteiger partial charge in [-0.15, -0.1) is 0 Å². The van der Waals surface area contributed by atoms with Gasteiger partial charge in [-0.25, -0.2) is 0 Å². The van der Waals surface area contributed by atoms with Crippen molar-refractivity contribution in [3.8, 4) is 0 Å². The van der Waals surface area contributed by atoms with Crippen LogP contribution in [0, 0.1) is 0 Å². The zero-order chi connectivity index (χ0) is 18.6. The molecule has 0 unspecified atom stereocenters. The number of rotatable bonds is 3. The quantitative estimate of drug-likeness (QED) is 0.344. The second-order valence-electron chi connectivity index (χ2n) is 3.45. The molecule has 0 aliphatic rings. The minimum atomic E-state index is -9.47. The first-order valence-electron chi connectivity index (χ1n) is 4.26. The van der Waals surface area contributed by atoms with Gasteiger partial charge in [-0.2, -0.15) is 0 Å². The zero-order valence-electron chi connectivity index (χ0n) is 9.12. The van der Waals surface area contributed by atoms with E-state index in [-0.39, 0.29) is 0 Å². The standard InChI is InChI=1S/3C2F5.Bi/c3*3-1(4)2(5,6)7;. The SMILES string of the molecule is FC(F)(F)[C](F)(F)[Bi]([C](F)(F)C(F)(F)F)[C](F)(F)C(F)(F)F. The second kappa shape index (κ2) is 5.43. The van der Waals surface area contributed by atoms with Gasteiger partial charge in [0.05, 0.1) is 0 Å². The van der Waals surface area contributed by atoms with Crippen molar-refractivity contribution in [2.75, 3.05) is 0 Å². The van der Waals surface area contributed by atoms with E-state index in [0.29, 0.717) is 0 Å². The van der Waals surface area contributed by atoms with E-state index in [4.69, 9.17) is 0 Å². The Morgan fingerprint density at radius 3 is 0.545 bits per heavy atom. The van der Waals surface area contributed by atoms with Gasteiger partial charge in [0.1, 0.15) is 0 Å². The van der Waals surface area contributed by atoms with Crippen LogP contribution in [-0.4, -0.2) is 51.2 Å². The fraction of sp³-hybridized carbons (Fsp3) is 1.00. The van der Waals surface area contributed by atoms with Crippen LogP contribution in [0.3, 0.4) is 0 Å². The molecular weight excluding hydrogens is 566 g/mol. The summed E-state index contributed by atoms with van der Waals surface area (Å²) in [5.74, 6) is 0. The van der Waals surface area contributed by atoms with Crippen molar-refractivity contribution >= 4 is 21.8 Å². The summed E-state index contributed by atoms with van der Waals surface area (Å²) in [6.07, 6.45) is -22.3. The van der Waals surface area contributed by atoms with Crippen molar-refractivity contribution in [2.45, 2.75) is 29.4 Å². The molecule has 0 saturated heterocycles. The third-order valence-electron chi connectivity index (χ3n) is 1.87. The van der Waals surface area contributed by atoms with E-state index in [1.165, 1.54) is 0 Å². The Bertz CT molecular complexity index is 334. The van der Waals surface area contributed by atoms with Crippen molar-refractivity contribution in [2.24, 2.45) is 0 Å². The van der Waals surface area contributed by atoms with E-state index < -0.39 is 51.2 Å². The summed E-state index contributed by atoms with van der Waals surface area (Å²) < 4.78 is 160. The number of alkyl halides is 15. The van der Waals surface area contributed by atoms with Gasteiger partial charge >= 0.3 is 117 Å². The molecule has 134 valence electrons. The normalized spacial score (nSPS) is 16.4. The summed E-state index contributed by atoms with van der Waals surface area (Å²) in [4.78, 5) is 0. The van der Waals surface area contributed by atoms with Crippen LogP contribution in [-0.2, 0) is 0 Å². The van der Waals surface area contributed by atoms with Gasteiger partial charge in [-0.1, -0.05) is 0 Å². The zero-order valence-corrected chi connectivity index (χ0v) is 12.6. The molecule has 0 aromatic carbocycles. The molecular formula is C6BiF15. The third kappa shape index (κ3) is 3.50. The van der Waals surface area contributed by atoms with E-state index in [2.05, 4.69) is 0 Å². The number of halogens is 15. The molecule has 0 N–H and O–H groups in total. The van der Waals surface area contributed by atoms with E-state index in [0.717, 1.165) is 0 Å². The Hall–Kier alpha value is -0.167. The molecule has 0 aliphatic carbocycles. The summed E-state index contributed by atoms with van der Waals surface area (Å²) in [5.41, 5.74) is 0. The van der Waals surface area contributed by atoms with Crippen LogP contribution < -0.4 is 0 Å². The Kier molecular flexibility index (Phi) is 5.39. The number of hydrogen-bond acceptors (Lipinski definition) is 0. The van der Waals surface area contributed by atoms with Crippen molar-refractivity contribution in [3.63, 3.8) is 0 Å². The van der Waals surface area contributed by atoms with E-state index in [1.54, 1.807) is 0 Å². The molecule has 0 aromatic heterocycles. The van der Waals surface area contributed by atoms with Gasteiger partial charge < -0.3 is 0 Å². The number of hydrogen-bond donors (Lipinski definition) is 0. The van der Waals surface area contributed by atoms with Crippen LogP contribution in [0.5, 0.6) is 0 Å². The summed E-state index contributed by atoms with van der Waals surface area (Å²) in [6.45, 7) is 0. The summed E-state index contributed by atoms with van der Waals surface area (Å²) in [5, 5.41) is 0. The average Bonchev–Trinajstić information content (AvgIpc) is 2.09. The second-order valence-corrected chi connectivity index (χ2v) is 12.6. The Morgan fingerprint density at radius 1 is 0.318 bits per heavy atom. The van der Waals surface area contributed by atoms with Crippen LogP contribution in [0.1, 0.15) is 0 Å². The summed E-state index contributed by atoms with van der Waals surface area (Å²) in [6, 6.07) is 0. The molecule has 0 aromatic rings. The van der Waals surface area contributed by atoms with Crippen molar-refractivity contribution in [1.29, 1.82) is 0 Å². The first kappa shape index (κ1) is 21.8. The molecule has 0 heterocycles. The molecule has 16 heteroatoms. The fourth-order valence-electron chi connectivity index (χ4n) is 0.909. The van der Waals surface area contributed by atoms with E-state index in [9.17, 15) is 65.9 Å². The van der Waals surface area contributed by atoms with E-state index in [1.807, 2.05) is 0 Å². The van der Waals surface area contributed by atoms with Crippen molar-refractivity contribution in [3.05, 3.63) is 0 Å². The van der Waals surface area contributed by atoms with Crippen molar-refractivity contribution in [1.82, 2.24) is 0 Å². The van der Waals surface area contributed by atoms with Crippen LogP contribution in [0.4, 0.5) is 65.9 Å². The van der Waals surface area contributed by atoms with Crippen LogP contribution in [0.2, 0.25) is 0 Å². The molecule has 22 heavy (non-hydrogen) atoms. The predicted molar refractivity (Wildman–Crippen MR) is 38.8 cm³/mol. The molecule has 0 bridgehead atoms. The predicted octanol–water partition coefficient (Wildman–Crippen LogP) is 4.69. The van der Waals surface area contributed by atoms with Gasteiger partial charge in [-0.05, 0) is 0 Å². The topological polar surface area (TPSA) is 0 Å². The van der Waals surface area contributed by atoms with Gasteiger partial charge in [-0.3, -0.25) is 0 Å². The first-order chi connectivity index (χ1) is 9.12. The molecule has 0 amide bonds. The fourth-order valence-corrected chi connectivity index (χ4v) is 7.98. The third-order valence-corrected chi connectivity index (χ3v) is 11.4. The maximum absolute atomic E-state index is 12.7. The molecule has 0 fully saturated rings. The van der Waals surface area contributed by atoms with Crippen molar-refractivity contribution < 1.29 is 65.9 Å². The molecule has 0 rings (SSSR count). The van der Waals surface area contributed by atoms with E-state index >= 15 is 0 Å². The average molecular weight is 566 g/mol. The molecule has 0 atom stereocenters. The molecule has 0 radical (unpaired) electrons. The van der Waals surface area contributed by atoms with Crippen LogP contribution in [0.15, 0.2) is 0 Å². The maximum atomic E-state index is 12.7. The first-order valence-corrected chi connectivity index (χ1v) is 9.47. The minimum absolute atomic E-state index is 7.44. The van der Waals surface area contributed by atoms with Gasteiger partial charge in [0, 0.05) is 0 Å². The molecule has 0 saturated carbocycles. The van der Waals surface area contributed by atoms with Crippen LogP contribution >= 0.6 is 0 Å². The van der Waals surface area contributed by atoms with Gasteiger partial charge in [0.15, 0.2) is 0 Å². The Labute approximate surface area is 117 Å². The van der Waals surface area contributed by atoms with Crippen LogP contribution in [0.25, 0.3) is 0 Å². The summed E-state index contributed by atoms with van der Waals surface area (Å²) in [7, 11) is 0. The Morgan fingerprint density at radius 2 is 0.455 bits per heavy atom. The molecule has 0 spiro atoms. The molecule has 0 nitrogen and oxygen atoms in total. The van der Waals surface area contributed by atoms with Gasteiger partial charge in [0.2, 0.25) is 0 Å². The Balaban J connectivity index is 6.53.